The van der Waals surface area contributed by atoms with Crippen LogP contribution in [-0.4, -0.2) is 29.2 Å². The normalized spacial score (nSPS) is 12.8. The Kier molecular flexibility index (Phi) is 6.87. The van der Waals surface area contributed by atoms with E-state index in [-0.39, 0.29) is 40.3 Å². The molecule has 0 amide bonds. The average molecular weight is 514 g/mol. The van der Waals surface area contributed by atoms with Crippen LogP contribution in [0.2, 0.25) is 0 Å². The zero-order valence-electron chi connectivity index (χ0n) is 19.9. The first-order valence-electron chi connectivity index (χ1n) is 11.1. The monoisotopic (exact) mass is 513 g/mol. The third-order valence-corrected chi connectivity index (χ3v) is 6.18. The van der Waals surface area contributed by atoms with E-state index < -0.39 is 33.3 Å². The van der Waals surface area contributed by atoms with Gasteiger partial charge in [0, 0.05) is 24.2 Å². The van der Waals surface area contributed by atoms with Crippen LogP contribution in [0.1, 0.15) is 42.9 Å². The lowest BCUT2D eigenvalue weighted by molar-refractivity contribution is 0.570. The van der Waals surface area contributed by atoms with Gasteiger partial charge in [0.25, 0.3) is 5.56 Å². The fourth-order valence-electron chi connectivity index (χ4n) is 3.89. The van der Waals surface area contributed by atoms with Gasteiger partial charge in [-0.3, -0.25) is 19.1 Å². The molecular weight excluding hydrogens is 488 g/mol. The summed E-state index contributed by atoms with van der Waals surface area (Å²) >= 11 is 0. The highest BCUT2D eigenvalue weighted by molar-refractivity contribution is 7.92. The average Bonchev–Trinajstić information content (AvgIpc) is 2.77. The van der Waals surface area contributed by atoms with E-state index >= 15 is 0 Å². The molecule has 0 saturated heterocycles. The van der Waals surface area contributed by atoms with Crippen molar-refractivity contribution in [1.29, 1.82) is 0 Å². The van der Waals surface area contributed by atoms with Crippen LogP contribution in [0.3, 0.4) is 0 Å². The number of rotatable bonds is 7. The van der Waals surface area contributed by atoms with E-state index in [1.54, 1.807) is 18.3 Å². The van der Waals surface area contributed by atoms with E-state index in [2.05, 4.69) is 14.7 Å². The molecule has 4 aromatic rings. The van der Waals surface area contributed by atoms with Crippen LogP contribution in [-0.2, 0) is 16.4 Å². The third-order valence-electron chi connectivity index (χ3n) is 5.58. The minimum Gasteiger partial charge on any atom is -0.324 e. The van der Waals surface area contributed by atoms with E-state index in [1.807, 2.05) is 13.8 Å². The number of fused-ring (bicyclic) bond motifs is 1. The zero-order valence-corrected chi connectivity index (χ0v) is 20.7. The number of hydrogen-bond donors (Lipinski definition) is 2. The van der Waals surface area contributed by atoms with Crippen LogP contribution in [0.5, 0.6) is 0 Å². The molecule has 0 radical (unpaired) electrons. The van der Waals surface area contributed by atoms with Gasteiger partial charge < -0.3 is 5.73 Å². The Morgan fingerprint density at radius 1 is 1.06 bits per heavy atom. The highest BCUT2D eigenvalue weighted by Crippen LogP contribution is 2.23. The van der Waals surface area contributed by atoms with Crippen molar-refractivity contribution < 1.29 is 17.2 Å². The fraction of sp³-hybridized carbons (Fsp3) is 0.240. The third kappa shape index (κ3) is 5.58. The van der Waals surface area contributed by atoms with Gasteiger partial charge >= 0.3 is 0 Å². The SMILES string of the molecule is CC(C)c1ccc(-n2c(C[C@H](N)c3cc(F)cc(F)c3)nc3cc(NS(C)(=O)=O)ccc3c2=O)cn1. The minimum atomic E-state index is -3.55. The Morgan fingerprint density at radius 2 is 1.75 bits per heavy atom. The van der Waals surface area contributed by atoms with Crippen molar-refractivity contribution in [3.63, 3.8) is 0 Å². The predicted octanol–water partition coefficient (Wildman–Crippen LogP) is 3.80. The summed E-state index contributed by atoms with van der Waals surface area (Å²) in [6, 6.07) is 10.1. The lowest BCUT2D eigenvalue weighted by atomic mass is 10.0. The van der Waals surface area contributed by atoms with Gasteiger partial charge in [-0.05, 0) is 53.9 Å². The second-order valence-corrected chi connectivity index (χ2v) is 10.6. The molecule has 3 N–H and O–H groups in total. The number of halogens is 2. The van der Waals surface area contributed by atoms with Gasteiger partial charge in [0.2, 0.25) is 10.0 Å². The molecule has 0 bridgehead atoms. The Hall–Kier alpha value is -3.70. The largest absolute Gasteiger partial charge is 0.324 e. The van der Waals surface area contributed by atoms with Gasteiger partial charge in [-0.2, -0.15) is 0 Å². The Balaban J connectivity index is 1.88. The van der Waals surface area contributed by atoms with E-state index in [9.17, 15) is 22.0 Å². The topological polar surface area (TPSA) is 120 Å². The van der Waals surface area contributed by atoms with Crippen LogP contribution in [0.4, 0.5) is 14.5 Å². The zero-order chi connectivity index (χ0) is 26.2. The summed E-state index contributed by atoms with van der Waals surface area (Å²) in [6.45, 7) is 3.99. The molecule has 4 rings (SSSR count). The Morgan fingerprint density at radius 3 is 2.33 bits per heavy atom. The summed E-state index contributed by atoms with van der Waals surface area (Å²) in [5.74, 6) is -1.13. The first kappa shape index (κ1) is 25.4. The second-order valence-electron chi connectivity index (χ2n) is 8.88. The van der Waals surface area contributed by atoms with Crippen LogP contribution < -0.4 is 16.0 Å². The van der Waals surface area contributed by atoms with Crippen LogP contribution in [0.25, 0.3) is 16.6 Å². The molecule has 0 spiro atoms. The summed E-state index contributed by atoms with van der Waals surface area (Å²) < 4.78 is 54.6. The molecule has 36 heavy (non-hydrogen) atoms. The molecule has 0 aliphatic heterocycles. The number of nitrogens with one attached hydrogen (secondary N) is 1. The Labute approximate surface area is 206 Å². The van der Waals surface area contributed by atoms with Gasteiger partial charge in [-0.15, -0.1) is 0 Å². The van der Waals surface area contributed by atoms with E-state index in [1.165, 1.54) is 22.8 Å². The summed E-state index contributed by atoms with van der Waals surface area (Å²) in [5.41, 5.74) is 7.83. The molecule has 2 heterocycles. The highest BCUT2D eigenvalue weighted by atomic mass is 32.2. The van der Waals surface area contributed by atoms with Crippen molar-refractivity contribution in [2.75, 3.05) is 11.0 Å². The standard InChI is InChI=1S/C25H25F2N5O3S/c1-14(2)22-7-5-19(13-29-22)32-24(12-21(28)15-8-16(26)10-17(27)9-15)30-23-11-18(31-36(3,34)35)4-6-20(23)25(32)33/h4-11,13-14,21,31H,12,28H2,1-3H3/t21-/m0/s1. The molecule has 0 aliphatic carbocycles. The first-order chi connectivity index (χ1) is 16.9. The van der Waals surface area contributed by atoms with E-state index in [4.69, 9.17) is 5.73 Å². The van der Waals surface area contributed by atoms with Gasteiger partial charge in [-0.25, -0.2) is 22.2 Å². The summed E-state index contributed by atoms with van der Waals surface area (Å²) in [4.78, 5) is 22.6. The van der Waals surface area contributed by atoms with E-state index in [0.29, 0.717) is 5.69 Å². The van der Waals surface area contributed by atoms with Gasteiger partial charge in [-0.1, -0.05) is 13.8 Å². The van der Waals surface area contributed by atoms with Crippen LogP contribution in [0.15, 0.2) is 59.5 Å². The molecule has 0 aliphatic rings. The number of nitrogens with zero attached hydrogens (tertiary/aromatic N) is 3. The number of hydrogen-bond acceptors (Lipinski definition) is 6. The number of anilines is 1. The lowest BCUT2D eigenvalue weighted by Crippen LogP contribution is -2.27. The van der Waals surface area contributed by atoms with Crippen molar-refractivity contribution >= 4 is 26.6 Å². The van der Waals surface area contributed by atoms with Crippen LogP contribution in [0, 0.1) is 11.6 Å². The molecule has 1 atom stereocenters. The van der Waals surface area contributed by atoms with Gasteiger partial charge in [0.15, 0.2) is 0 Å². The smallest absolute Gasteiger partial charge is 0.266 e. The summed E-state index contributed by atoms with van der Waals surface area (Å²) in [6.07, 6.45) is 2.53. The molecule has 0 unspecified atom stereocenters. The van der Waals surface area contributed by atoms with Crippen molar-refractivity contribution in [3.05, 3.63) is 93.8 Å². The Bertz CT molecular complexity index is 1580. The molecule has 2 aromatic heterocycles. The summed E-state index contributed by atoms with van der Waals surface area (Å²) in [5, 5.41) is 0.246. The molecule has 0 saturated carbocycles. The van der Waals surface area contributed by atoms with Crippen molar-refractivity contribution in [1.82, 2.24) is 14.5 Å². The number of sulfonamides is 1. The molecule has 188 valence electrons. The minimum absolute atomic E-state index is 0.0380. The molecule has 8 nitrogen and oxygen atoms in total. The van der Waals surface area contributed by atoms with Crippen molar-refractivity contribution in [3.8, 4) is 5.69 Å². The predicted molar refractivity (Wildman–Crippen MR) is 135 cm³/mol. The highest BCUT2D eigenvalue weighted by Gasteiger charge is 2.19. The quantitative estimate of drug-likeness (QED) is 0.388. The number of nitrogens with two attached hydrogens (primary N) is 1. The first-order valence-corrected chi connectivity index (χ1v) is 13.0. The summed E-state index contributed by atoms with van der Waals surface area (Å²) in [7, 11) is -3.55. The maximum atomic E-state index is 13.8. The van der Waals surface area contributed by atoms with Gasteiger partial charge in [0.1, 0.15) is 17.5 Å². The molecular formula is C25H25F2N5O3S. The fourth-order valence-corrected chi connectivity index (χ4v) is 4.44. The molecule has 2 aromatic carbocycles. The number of pyridine rings is 1. The number of benzene rings is 2. The lowest BCUT2D eigenvalue weighted by Gasteiger charge is -2.18. The van der Waals surface area contributed by atoms with Crippen LogP contribution >= 0.6 is 0 Å². The number of aromatic nitrogens is 3. The maximum absolute atomic E-state index is 13.8. The molecule has 0 fully saturated rings. The van der Waals surface area contributed by atoms with Crippen molar-refractivity contribution in [2.24, 2.45) is 5.73 Å². The van der Waals surface area contributed by atoms with E-state index in [0.717, 1.165) is 30.1 Å². The van der Waals surface area contributed by atoms with Gasteiger partial charge in [0.05, 0.1) is 34.7 Å². The second kappa shape index (κ2) is 9.75. The van der Waals surface area contributed by atoms with Crippen molar-refractivity contribution in [2.45, 2.75) is 32.2 Å². The maximum Gasteiger partial charge on any atom is 0.266 e. The molecule has 11 heteroatoms.